The van der Waals surface area contributed by atoms with E-state index in [1.165, 1.54) is 11.3 Å². The first kappa shape index (κ1) is 13.6. The lowest BCUT2D eigenvalue weighted by Crippen LogP contribution is -2.37. The standard InChI is InChI=1S/C14H18N2O3S/c1-15(2)13(17)9-8-16(10-5-6-19-12(9)10)14(18)11-4-3-7-20-11/h3-4,7,9-10,12H,5-6,8H2,1-2H3/t9-,10-,12-/m1/s1. The molecule has 6 heteroatoms. The molecule has 0 spiro atoms. The minimum atomic E-state index is -0.235. The lowest BCUT2D eigenvalue weighted by atomic mass is 10.0. The van der Waals surface area contributed by atoms with Crippen LogP contribution in [0.15, 0.2) is 17.5 Å². The second kappa shape index (κ2) is 5.18. The van der Waals surface area contributed by atoms with Crippen LogP contribution in [0.1, 0.15) is 16.1 Å². The Morgan fingerprint density at radius 1 is 1.45 bits per heavy atom. The predicted molar refractivity (Wildman–Crippen MR) is 75.7 cm³/mol. The molecule has 0 aliphatic carbocycles. The third-order valence-electron chi connectivity index (χ3n) is 4.04. The number of amides is 2. The predicted octanol–water partition coefficient (Wildman–Crippen LogP) is 1.07. The Labute approximate surface area is 122 Å². The van der Waals surface area contributed by atoms with Crippen LogP contribution in [0.4, 0.5) is 0 Å². The first-order valence-electron chi connectivity index (χ1n) is 6.77. The molecule has 0 bridgehead atoms. The highest BCUT2D eigenvalue weighted by Gasteiger charge is 2.50. The summed E-state index contributed by atoms with van der Waals surface area (Å²) in [7, 11) is 3.49. The number of hydrogen-bond acceptors (Lipinski definition) is 4. The molecule has 3 heterocycles. The van der Waals surface area contributed by atoms with Crippen molar-refractivity contribution in [1.29, 1.82) is 0 Å². The number of fused-ring (bicyclic) bond motifs is 1. The summed E-state index contributed by atoms with van der Waals surface area (Å²) in [6, 6.07) is 3.75. The number of carbonyl (C=O) groups is 2. The Hall–Kier alpha value is -1.40. The maximum absolute atomic E-state index is 12.5. The molecule has 2 saturated heterocycles. The highest BCUT2D eigenvalue weighted by molar-refractivity contribution is 7.12. The van der Waals surface area contributed by atoms with Crippen molar-refractivity contribution in [2.45, 2.75) is 18.6 Å². The SMILES string of the molecule is CN(C)C(=O)[C@@H]1CN(C(=O)c2cccs2)[C@@H]2CCO[C@@H]21. The zero-order chi connectivity index (χ0) is 14.3. The molecule has 3 rings (SSSR count). The van der Waals surface area contributed by atoms with Gasteiger partial charge in [0, 0.05) is 27.2 Å². The maximum Gasteiger partial charge on any atom is 0.264 e. The van der Waals surface area contributed by atoms with Gasteiger partial charge in [0.05, 0.1) is 22.9 Å². The zero-order valence-electron chi connectivity index (χ0n) is 11.6. The van der Waals surface area contributed by atoms with Gasteiger partial charge in [-0.25, -0.2) is 0 Å². The molecule has 108 valence electrons. The number of carbonyl (C=O) groups excluding carboxylic acids is 2. The third kappa shape index (κ3) is 2.13. The largest absolute Gasteiger partial charge is 0.375 e. The van der Waals surface area contributed by atoms with E-state index in [4.69, 9.17) is 4.74 Å². The maximum atomic E-state index is 12.5. The van der Waals surface area contributed by atoms with Gasteiger partial charge in [-0.05, 0) is 17.9 Å². The molecule has 20 heavy (non-hydrogen) atoms. The van der Waals surface area contributed by atoms with Gasteiger partial charge in [0.25, 0.3) is 5.91 Å². The van der Waals surface area contributed by atoms with E-state index < -0.39 is 0 Å². The van der Waals surface area contributed by atoms with Crippen LogP contribution in [-0.4, -0.2) is 61.0 Å². The van der Waals surface area contributed by atoms with Crippen molar-refractivity contribution in [3.8, 4) is 0 Å². The fourth-order valence-electron chi connectivity index (χ4n) is 3.09. The fraction of sp³-hybridized carbons (Fsp3) is 0.571. The molecular weight excluding hydrogens is 276 g/mol. The molecular formula is C14H18N2O3S. The van der Waals surface area contributed by atoms with Crippen LogP contribution in [0, 0.1) is 5.92 Å². The first-order valence-corrected chi connectivity index (χ1v) is 7.65. The van der Waals surface area contributed by atoms with Crippen LogP contribution in [0.3, 0.4) is 0 Å². The Kier molecular flexibility index (Phi) is 3.52. The molecule has 0 saturated carbocycles. The van der Waals surface area contributed by atoms with Gasteiger partial charge < -0.3 is 14.5 Å². The summed E-state index contributed by atoms with van der Waals surface area (Å²) in [6.45, 7) is 1.09. The number of hydrogen-bond donors (Lipinski definition) is 0. The van der Waals surface area contributed by atoms with Crippen LogP contribution in [-0.2, 0) is 9.53 Å². The van der Waals surface area contributed by atoms with Gasteiger partial charge in [0.2, 0.25) is 5.91 Å². The molecule has 0 aromatic carbocycles. The van der Waals surface area contributed by atoms with E-state index in [1.807, 2.05) is 22.4 Å². The average Bonchev–Trinajstić information content (AvgIpc) is 3.13. The van der Waals surface area contributed by atoms with E-state index >= 15 is 0 Å². The van der Waals surface area contributed by atoms with Gasteiger partial charge in [-0.1, -0.05) is 6.07 Å². The summed E-state index contributed by atoms with van der Waals surface area (Å²) < 4.78 is 5.72. The Morgan fingerprint density at radius 2 is 2.25 bits per heavy atom. The number of rotatable bonds is 2. The van der Waals surface area contributed by atoms with Gasteiger partial charge in [0.15, 0.2) is 0 Å². The zero-order valence-corrected chi connectivity index (χ0v) is 12.4. The second-order valence-electron chi connectivity index (χ2n) is 5.47. The lowest BCUT2D eigenvalue weighted by molar-refractivity contribution is -0.135. The summed E-state index contributed by atoms with van der Waals surface area (Å²) in [5.74, 6) is -0.167. The van der Waals surface area contributed by atoms with Crippen molar-refractivity contribution in [3.63, 3.8) is 0 Å². The molecule has 0 N–H and O–H groups in total. The molecule has 2 amide bonds. The molecule has 2 aliphatic heterocycles. The Balaban J connectivity index is 1.83. The van der Waals surface area contributed by atoms with E-state index in [-0.39, 0.29) is 29.9 Å². The van der Waals surface area contributed by atoms with Crippen LogP contribution >= 0.6 is 11.3 Å². The normalized spacial score (nSPS) is 28.5. The molecule has 1 aromatic heterocycles. The Bertz CT molecular complexity index is 514. The number of ether oxygens (including phenoxy) is 1. The van der Waals surface area contributed by atoms with Crippen LogP contribution < -0.4 is 0 Å². The molecule has 0 unspecified atom stereocenters. The average molecular weight is 294 g/mol. The number of thiophene rings is 1. The van der Waals surface area contributed by atoms with E-state index in [9.17, 15) is 9.59 Å². The highest BCUT2D eigenvalue weighted by atomic mass is 32.1. The summed E-state index contributed by atoms with van der Waals surface area (Å²) in [5.41, 5.74) is 0. The van der Waals surface area contributed by atoms with Crippen LogP contribution in [0.25, 0.3) is 0 Å². The summed E-state index contributed by atoms with van der Waals surface area (Å²) in [4.78, 5) is 28.9. The molecule has 1 aromatic rings. The van der Waals surface area contributed by atoms with Gasteiger partial charge in [-0.3, -0.25) is 9.59 Å². The van der Waals surface area contributed by atoms with Gasteiger partial charge in [-0.15, -0.1) is 11.3 Å². The van der Waals surface area contributed by atoms with Crippen molar-refractivity contribution in [2.24, 2.45) is 5.92 Å². The quantitative estimate of drug-likeness (QED) is 0.820. The fourth-order valence-corrected chi connectivity index (χ4v) is 3.77. The summed E-state index contributed by atoms with van der Waals surface area (Å²) in [5, 5.41) is 1.90. The second-order valence-corrected chi connectivity index (χ2v) is 6.41. The summed E-state index contributed by atoms with van der Waals surface area (Å²) in [6.07, 6.45) is 0.674. The van der Waals surface area contributed by atoms with E-state index in [0.717, 1.165) is 11.3 Å². The van der Waals surface area contributed by atoms with Crippen molar-refractivity contribution in [3.05, 3.63) is 22.4 Å². The first-order chi connectivity index (χ1) is 9.59. The summed E-state index contributed by atoms with van der Waals surface area (Å²) >= 11 is 1.44. The molecule has 3 atom stereocenters. The topological polar surface area (TPSA) is 49.9 Å². The van der Waals surface area contributed by atoms with Crippen LogP contribution in [0.5, 0.6) is 0 Å². The molecule has 5 nitrogen and oxygen atoms in total. The van der Waals surface area contributed by atoms with E-state index in [0.29, 0.717) is 13.2 Å². The molecule has 2 aliphatic rings. The lowest BCUT2D eigenvalue weighted by Gasteiger charge is -2.21. The van der Waals surface area contributed by atoms with Gasteiger partial charge in [0.1, 0.15) is 0 Å². The molecule has 0 radical (unpaired) electrons. The minimum Gasteiger partial charge on any atom is -0.375 e. The number of nitrogens with zero attached hydrogens (tertiary/aromatic N) is 2. The van der Waals surface area contributed by atoms with Crippen molar-refractivity contribution in [1.82, 2.24) is 9.80 Å². The minimum absolute atomic E-state index is 0.0227. The van der Waals surface area contributed by atoms with Crippen molar-refractivity contribution in [2.75, 3.05) is 27.2 Å². The Morgan fingerprint density at radius 3 is 2.90 bits per heavy atom. The van der Waals surface area contributed by atoms with E-state index in [1.54, 1.807) is 19.0 Å². The number of likely N-dealkylation sites (tertiary alicyclic amines) is 1. The van der Waals surface area contributed by atoms with E-state index in [2.05, 4.69) is 0 Å². The monoisotopic (exact) mass is 294 g/mol. The van der Waals surface area contributed by atoms with Crippen molar-refractivity contribution < 1.29 is 14.3 Å². The van der Waals surface area contributed by atoms with Crippen molar-refractivity contribution >= 4 is 23.2 Å². The third-order valence-corrected chi connectivity index (χ3v) is 4.90. The van der Waals surface area contributed by atoms with Gasteiger partial charge in [-0.2, -0.15) is 0 Å². The van der Waals surface area contributed by atoms with Gasteiger partial charge >= 0.3 is 0 Å². The molecule has 2 fully saturated rings. The highest BCUT2D eigenvalue weighted by Crippen LogP contribution is 2.35. The smallest absolute Gasteiger partial charge is 0.264 e. The van der Waals surface area contributed by atoms with Crippen LogP contribution in [0.2, 0.25) is 0 Å².